The van der Waals surface area contributed by atoms with Gasteiger partial charge in [0.15, 0.2) is 0 Å². The molecule has 0 saturated heterocycles. The van der Waals surface area contributed by atoms with Crippen molar-refractivity contribution in [2.75, 3.05) is 13.6 Å². The highest BCUT2D eigenvalue weighted by atomic mass is 16.2. The van der Waals surface area contributed by atoms with E-state index in [1.165, 1.54) is 0 Å². The van der Waals surface area contributed by atoms with Gasteiger partial charge in [0.1, 0.15) is 0 Å². The van der Waals surface area contributed by atoms with Gasteiger partial charge in [-0.25, -0.2) is 0 Å². The third kappa shape index (κ3) is 4.47. The lowest BCUT2D eigenvalue weighted by Crippen LogP contribution is -2.37. The summed E-state index contributed by atoms with van der Waals surface area (Å²) in [5, 5.41) is 0. The van der Waals surface area contributed by atoms with Gasteiger partial charge in [-0.15, -0.1) is 0 Å². The number of nitrogens with zero attached hydrogens (tertiary/aromatic N) is 1. The summed E-state index contributed by atoms with van der Waals surface area (Å²) >= 11 is 0. The fraction of sp³-hybridized carbons (Fsp3) is 0.750. The monoisotopic (exact) mass is 187 g/mol. The number of amides is 2. The minimum atomic E-state index is -0.714. The second kappa shape index (κ2) is 5.53. The van der Waals surface area contributed by atoms with Gasteiger partial charge < -0.3 is 16.4 Å². The summed E-state index contributed by atoms with van der Waals surface area (Å²) in [5.74, 6) is -0.578. The van der Waals surface area contributed by atoms with Crippen LogP contribution in [-0.4, -0.2) is 36.3 Å². The minimum absolute atomic E-state index is 0.0146. The van der Waals surface area contributed by atoms with Crippen molar-refractivity contribution in [3.63, 3.8) is 0 Å². The van der Waals surface area contributed by atoms with Crippen molar-refractivity contribution in [2.45, 2.75) is 25.8 Å². The third-order valence-corrected chi connectivity index (χ3v) is 1.93. The molecule has 0 aliphatic heterocycles. The van der Waals surface area contributed by atoms with Gasteiger partial charge in [-0.2, -0.15) is 0 Å². The first kappa shape index (κ1) is 11.9. The average molecular weight is 187 g/mol. The number of carbonyl (C=O) groups is 2. The Hall–Kier alpha value is -1.10. The number of carbonyl (C=O) groups excluding carboxylic acids is 2. The largest absolute Gasteiger partial charge is 0.368 e. The van der Waals surface area contributed by atoms with E-state index >= 15 is 0 Å². The van der Waals surface area contributed by atoms with Gasteiger partial charge in [0.05, 0.1) is 6.04 Å². The lowest BCUT2D eigenvalue weighted by Gasteiger charge is -2.15. The van der Waals surface area contributed by atoms with Crippen molar-refractivity contribution < 1.29 is 9.59 Å². The summed E-state index contributed by atoms with van der Waals surface area (Å²) in [4.78, 5) is 23.3. The zero-order valence-corrected chi connectivity index (χ0v) is 8.12. The number of nitrogens with two attached hydrogens (primary N) is 2. The molecule has 0 aromatic carbocycles. The van der Waals surface area contributed by atoms with E-state index in [2.05, 4.69) is 0 Å². The fourth-order valence-corrected chi connectivity index (χ4v) is 0.788. The molecule has 13 heavy (non-hydrogen) atoms. The predicted octanol–water partition coefficient (Wildman–Crippen LogP) is -0.942. The number of primary amides is 1. The van der Waals surface area contributed by atoms with Crippen LogP contribution in [-0.2, 0) is 9.59 Å². The summed E-state index contributed by atoms with van der Waals surface area (Å²) in [7, 11) is 1.71. The van der Waals surface area contributed by atoms with Crippen LogP contribution in [0, 0.1) is 0 Å². The Balaban J connectivity index is 3.76. The van der Waals surface area contributed by atoms with Gasteiger partial charge in [0, 0.05) is 20.0 Å². The molecule has 0 spiro atoms. The van der Waals surface area contributed by atoms with Crippen LogP contribution in [0.25, 0.3) is 0 Å². The Morgan fingerprint density at radius 1 is 1.46 bits per heavy atom. The molecule has 0 fully saturated rings. The van der Waals surface area contributed by atoms with E-state index < -0.39 is 11.9 Å². The molecule has 0 aliphatic rings. The van der Waals surface area contributed by atoms with Crippen LogP contribution in [0.5, 0.6) is 0 Å². The fourth-order valence-electron chi connectivity index (χ4n) is 0.788. The van der Waals surface area contributed by atoms with Crippen molar-refractivity contribution in [1.82, 2.24) is 4.90 Å². The smallest absolute Gasteiger partial charge is 0.234 e. The van der Waals surface area contributed by atoms with Gasteiger partial charge in [0.2, 0.25) is 11.8 Å². The van der Waals surface area contributed by atoms with Crippen LogP contribution in [0.4, 0.5) is 0 Å². The van der Waals surface area contributed by atoms with E-state index in [4.69, 9.17) is 11.5 Å². The minimum Gasteiger partial charge on any atom is -0.368 e. The van der Waals surface area contributed by atoms with Gasteiger partial charge >= 0.3 is 0 Å². The second-order valence-corrected chi connectivity index (χ2v) is 2.96. The van der Waals surface area contributed by atoms with Gasteiger partial charge in [0.25, 0.3) is 0 Å². The first-order chi connectivity index (χ1) is 5.99. The Bertz CT molecular complexity index is 194. The quantitative estimate of drug-likeness (QED) is 0.582. The molecule has 2 amide bonds. The molecule has 0 radical (unpaired) electrons. The topological polar surface area (TPSA) is 89.4 Å². The van der Waals surface area contributed by atoms with Crippen LogP contribution < -0.4 is 11.5 Å². The molecular formula is C8H17N3O2. The van der Waals surface area contributed by atoms with Gasteiger partial charge in [-0.05, 0) is 13.3 Å². The molecular weight excluding hydrogens is 170 g/mol. The summed E-state index contributed by atoms with van der Waals surface area (Å²) in [6.07, 6.45) is 0.590. The lowest BCUT2D eigenvalue weighted by molar-refractivity contribution is -0.130. The van der Waals surface area contributed by atoms with Crippen LogP contribution >= 0.6 is 0 Å². The Morgan fingerprint density at radius 2 is 2.00 bits per heavy atom. The Labute approximate surface area is 78.1 Å². The summed E-state index contributed by atoms with van der Waals surface area (Å²) in [6.45, 7) is 2.54. The normalized spacial score (nSPS) is 12.2. The van der Waals surface area contributed by atoms with Crippen LogP contribution in [0.15, 0.2) is 0 Å². The number of rotatable bonds is 5. The highest BCUT2D eigenvalue weighted by molar-refractivity contribution is 5.81. The van der Waals surface area contributed by atoms with Crippen molar-refractivity contribution in [3.05, 3.63) is 0 Å². The molecule has 0 aliphatic carbocycles. The van der Waals surface area contributed by atoms with Crippen molar-refractivity contribution in [1.29, 1.82) is 0 Å². The maximum atomic E-state index is 11.2. The van der Waals surface area contributed by atoms with Crippen LogP contribution in [0.2, 0.25) is 0 Å². The molecule has 0 aromatic rings. The number of hydrogen-bond donors (Lipinski definition) is 2. The summed E-state index contributed by atoms with van der Waals surface area (Å²) in [6, 6.07) is -0.714. The second-order valence-electron chi connectivity index (χ2n) is 2.96. The Kier molecular flexibility index (Phi) is 5.06. The number of hydrogen-bond acceptors (Lipinski definition) is 3. The average Bonchev–Trinajstić information content (AvgIpc) is 2.11. The van der Waals surface area contributed by atoms with E-state index in [9.17, 15) is 9.59 Å². The predicted molar refractivity (Wildman–Crippen MR) is 49.7 cm³/mol. The molecule has 5 heteroatoms. The van der Waals surface area contributed by atoms with Crippen molar-refractivity contribution in [2.24, 2.45) is 11.5 Å². The lowest BCUT2D eigenvalue weighted by atomic mass is 10.1. The molecule has 0 heterocycles. The van der Waals surface area contributed by atoms with E-state index in [0.29, 0.717) is 13.0 Å². The maximum absolute atomic E-state index is 11.2. The molecule has 76 valence electrons. The molecule has 1 unspecified atom stereocenters. The van der Waals surface area contributed by atoms with E-state index in [1.807, 2.05) is 6.92 Å². The molecule has 0 bridgehead atoms. The maximum Gasteiger partial charge on any atom is 0.234 e. The van der Waals surface area contributed by atoms with Crippen LogP contribution in [0.3, 0.4) is 0 Å². The van der Waals surface area contributed by atoms with E-state index in [-0.39, 0.29) is 12.3 Å². The standard InChI is InChI=1S/C8H17N3O2/c1-3-11(2)7(12)5-4-6(9)8(10)13/h6H,3-5,9H2,1-2H3,(H2,10,13). The van der Waals surface area contributed by atoms with E-state index in [1.54, 1.807) is 11.9 Å². The molecule has 4 N–H and O–H groups in total. The van der Waals surface area contributed by atoms with Crippen molar-refractivity contribution >= 4 is 11.8 Å². The van der Waals surface area contributed by atoms with Gasteiger partial charge in [-0.3, -0.25) is 9.59 Å². The summed E-state index contributed by atoms with van der Waals surface area (Å²) < 4.78 is 0. The zero-order chi connectivity index (χ0) is 10.4. The molecule has 1 atom stereocenters. The molecule has 5 nitrogen and oxygen atoms in total. The Morgan fingerprint density at radius 3 is 2.38 bits per heavy atom. The SMILES string of the molecule is CCN(C)C(=O)CCC(N)C(N)=O. The summed E-state index contributed by atoms with van der Waals surface area (Å²) in [5.41, 5.74) is 10.3. The molecule has 0 aromatic heterocycles. The van der Waals surface area contributed by atoms with Gasteiger partial charge in [-0.1, -0.05) is 0 Å². The van der Waals surface area contributed by atoms with E-state index in [0.717, 1.165) is 0 Å². The third-order valence-electron chi connectivity index (χ3n) is 1.93. The molecule has 0 saturated carbocycles. The van der Waals surface area contributed by atoms with Crippen molar-refractivity contribution in [3.8, 4) is 0 Å². The highest BCUT2D eigenvalue weighted by Gasteiger charge is 2.13. The zero-order valence-electron chi connectivity index (χ0n) is 8.12. The van der Waals surface area contributed by atoms with Crippen LogP contribution in [0.1, 0.15) is 19.8 Å². The molecule has 0 rings (SSSR count). The first-order valence-electron chi connectivity index (χ1n) is 4.27. The first-order valence-corrected chi connectivity index (χ1v) is 4.27. The highest BCUT2D eigenvalue weighted by Crippen LogP contribution is 1.98.